The number of phosphoric ester groups is 1. The lowest BCUT2D eigenvalue weighted by molar-refractivity contribution is -0.112. The number of hydrogen-bond donors (Lipinski definition) is 1. The van der Waals surface area contributed by atoms with Crippen LogP contribution in [0.4, 0.5) is 0 Å². The molecule has 1 rings (SSSR count). The van der Waals surface area contributed by atoms with Gasteiger partial charge in [-0.3, -0.25) is 9.05 Å². The Balaban J connectivity index is 2.72. The van der Waals surface area contributed by atoms with E-state index in [-0.39, 0.29) is 12.7 Å². The molecule has 2 radical (unpaired) electrons. The maximum Gasteiger partial charge on any atom is 0.472 e. The highest BCUT2D eigenvalue weighted by atomic mass is 31.2. The summed E-state index contributed by atoms with van der Waals surface area (Å²) in [5, 5.41) is 0. The van der Waals surface area contributed by atoms with Gasteiger partial charge in [-0.05, 0) is 41.0 Å². The number of phosphoric acid groups is 1. The monoisotopic (exact) mass is 306 g/mol. The summed E-state index contributed by atoms with van der Waals surface area (Å²) in [4.78, 5) is 9.72. The van der Waals surface area contributed by atoms with Gasteiger partial charge in [0.1, 0.15) is 19.6 Å². The molecule has 0 aromatic carbocycles. The first-order valence-corrected chi connectivity index (χ1v) is 8.28. The predicted molar refractivity (Wildman–Crippen MR) is 75.7 cm³/mol. The molecule has 2 unspecified atom stereocenters. The van der Waals surface area contributed by atoms with Crippen molar-refractivity contribution in [1.29, 1.82) is 0 Å². The van der Waals surface area contributed by atoms with Gasteiger partial charge in [0, 0.05) is 6.00 Å². The average molecular weight is 306 g/mol. The Morgan fingerprint density at radius 1 is 1.40 bits per heavy atom. The van der Waals surface area contributed by atoms with Gasteiger partial charge >= 0.3 is 7.82 Å². The molecule has 8 heteroatoms. The van der Waals surface area contributed by atoms with Gasteiger partial charge in [-0.25, -0.2) is 4.57 Å². The van der Waals surface area contributed by atoms with Crippen LogP contribution in [0.5, 0.6) is 0 Å². The molecule has 0 aliphatic carbocycles. The van der Waals surface area contributed by atoms with Crippen LogP contribution in [0.25, 0.3) is 0 Å². The third-order valence-corrected chi connectivity index (χ3v) is 4.06. The molecule has 0 aromatic rings. The van der Waals surface area contributed by atoms with Crippen molar-refractivity contribution in [3.8, 4) is 0 Å². The molecule has 0 bridgehead atoms. The summed E-state index contributed by atoms with van der Waals surface area (Å²) in [6.45, 7) is 9.08. The molecule has 0 spiro atoms. The molecule has 1 saturated heterocycles. The molecular weight excluding hydrogens is 282 g/mol. The fourth-order valence-electron chi connectivity index (χ4n) is 2.00. The Morgan fingerprint density at radius 3 is 2.50 bits per heavy atom. The van der Waals surface area contributed by atoms with Crippen LogP contribution in [0.1, 0.15) is 41.0 Å². The van der Waals surface area contributed by atoms with Crippen molar-refractivity contribution in [3.63, 3.8) is 0 Å². The quantitative estimate of drug-likeness (QED) is 0.573. The van der Waals surface area contributed by atoms with Crippen LogP contribution < -0.4 is 0 Å². The van der Waals surface area contributed by atoms with Crippen LogP contribution in [0, 0.1) is 0 Å². The molecule has 1 aliphatic heterocycles. The molecule has 1 fully saturated rings. The molecule has 6 nitrogen and oxygen atoms in total. The van der Waals surface area contributed by atoms with E-state index in [0.29, 0.717) is 6.42 Å². The van der Waals surface area contributed by atoms with Gasteiger partial charge in [-0.1, -0.05) is 0 Å². The van der Waals surface area contributed by atoms with Crippen LogP contribution >= 0.6 is 7.82 Å². The fraction of sp³-hybridized carbons (Fsp3) is 1.00. The second-order valence-corrected chi connectivity index (χ2v) is 7.14. The summed E-state index contributed by atoms with van der Waals surface area (Å²) in [6.07, 6.45) is -0.754. The Bertz CT molecular complexity index is 364. The normalized spacial score (nSPS) is 33.8. The van der Waals surface area contributed by atoms with Crippen molar-refractivity contribution in [3.05, 3.63) is 0 Å². The third-order valence-electron chi connectivity index (χ3n) is 2.86. The lowest BCUT2D eigenvalue weighted by Gasteiger charge is -2.32. The van der Waals surface area contributed by atoms with Crippen molar-refractivity contribution in [1.82, 2.24) is 0 Å². The maximum absolute atomic E-state index is 11.9. The summed E-state index contributed by atoms with van der Waals surface area (Å²) >= 11 is 0. The Hall–Kier alpha value is 0.0949. The van der Waals surface area contributed by atoms with Crippen molar-refractivity contribution in [2.24, 2.45) is 0 Å². The standard InChI is InChI=1S/C12H24BO6P/c1-8(2)16-7-12(5)10(6-11(13)17-12)19-20(14,15)18-9(3)4/h8-11H,6-7H2,1-5H3,(H,14,15)/t10?,11-,12-/m1/s1. The highest BCUT2D eigenvalue weighted by Crippen LogP contribution is 2.50. The molecule has 0 amide bonds. The molecule has 0 saturated carbocycles. The van der Waals surface area contributed by atoms with E-state index in [9.17, 15) is 9.46 Å². The molecule has 1 aliphatic rings. The molecule has 4 atom stereocenters. The molecule has 0 aromatic heterocycles. The van der Waals surface area contributed by atoms with Crippen molar-refractivity contribution in [2.75, 3.05) is 6.61 Å². The number of hydrogen-bond acceptors (Lipinski definition) is 5. The minimum atomic E-state index is -4.14. The number of ether oxygens (including phenoxy) is 2. The van der Waals surface area contributed by atoms with Gasteiger partial charge in [0.05, 0.1) is 18.8 Å². The van der Waals surface area contributed by atoms with E-state index in [0.717, 1.165) is 0 Å². The van der Waals surface area contributed by atoms with E-state index < -0.39 is 31.6 Å². The van der Waals surface area contributed by atoms with Crippen LogP contribution in [-0.4, -0.2) is 49.3 Å². The molecule has 20 heavy (non-hydrogen) atoms. The van der Waals surface area contributed by atoms with Crippen molar-refractivity contribution in [2.45, 2.75) is 71.0 Å². The lowest BCUT2D eigenvalue weighted by Crippen LogP contribution is -2.43. The van der Waals surface area contributed by atoms with Gasteiger partial charge < -0.3 is 14.4 Å². The second-order valence-electron chi connectivity index (χ2n) is 5.78. The zero-order valence-corrected chi connectivity index (χ0v) is 13.6. The zero-order valence-electron chi connectivity index (χ0n) is 12.7. The fourth-order valence-corrected chi connectivity index (χ4v) is 3.21. The molecule has 116 valence electrons. The minimum absolute atomic E-state index is 0.0146. The van der Waals surface area contributed by atoms with Gasteiger partial charge in [-0.15, -0.1) is 0 Å². The van der Waals surface area contributed by atoms with E-state index in [1.165, 1.54) is 0 Å². The molecular formula is C12H24BO6P. The Labute approximate surface area is 122 Å². The van der Waals surface area contributed by atoms with Crippen LogP contribution in [0.15, 0.2) is 0 Å². The Morgan fingerprint density at radius 2 is 2.00 bits per heavy atom. The SMILES string of the molecule is [B][C@H]1CC(OP(=O)(O)OC(C)C)[C@@](C)(COC(C)C)O1. The van der Waals surface area contributed by atoms with Gasteiger partial charge in [-0.2, -0.15) is 0 Å². The third kappa shape index (κ3) is 5.47. The average Bonchev–Trinajstić information content (AvgIpc) is 2.48. The van der Waals surface area contributed by atoms with Crippen molar-refractivity contribution >= 4 is 15.7 Å². The summed E-state index contributed by atoms with van der Waals surface area (Å²) in [5.74, 6) is 0. The van der Waals surface area contributed by atoms with E-state index in [2.05, 4.69) is 0 Å². The van der Waals surface area contributed by atoms with Crippen LogP contribution in [0.3, 0.4) is 0 Å². The zero-order chi connectivity index (χ0) is 15.6. The summed E-state index contributed by atoms with van der Waals surface area (Å²) in [7, 11) is 1.61. The highest BCUT2D eigenvalue weighted by molar-refractivity contribution is 7.47. The Kier molecular flexibility index (Phi) is 6.26. The highest BCUT2D eigenvalue weighted by Gasteiger charge is 2.48. The van der Waals surface area contributed by atoms with Crippen LogP contribution in [0.2, 0.25) is 0 Å². The summed E-state index contributed by atoms with van der Waals surface area (Å²) < 4.78 is 33.2. The van der Waals surface area contributed by atoms with Gasteiger partial charge in [0.15, 0.2) is 0 Å². The van der Waals surface area contributed by atoms with Gasteiger partial charge in [0.25, 0.3) is 0 Å². The van der Waals surface area contributed by atoms with Crippen LogP contribution in [-0.2, 0) is 23.1 Å². The second kappa shape index (κ2) is 6.90. The maximum atomic E-state index is 11.9. The van der Waals surface area contributed by atoms with Crippen molar-refractivity contribution < 1.29 is 28.0 Å². The summed E-state index contributed by atoms with van der Waals surface area (Å²) in [5.41, 5.74) is -0.873. The lowest BCUT2D eigenvalue weighted by atomic mass is 9.93. The summed E-state index contributed by atoms with van der Waals surface area (Å²) in [6, 6.07) is -0.556. The van der Waals surface area contributed by atoms with E-state index in [1.807, 2.05) is 13.8 Å². The van der Waals surface area contributed by atoms with E-state index in [4.69, 9.17) is 26.4 Å². The predicted octanol–water partition coefficient (Wildman–Crippen LogP) is 2.00. The first-order chi connectivity index (χ1) is 9.04. The van der Waals surface area contributed by atoms with E-state index in [1.54, 1.807) is 20.8 Å². The number of rotatable bonds is 7. The largest absolute Gasteiger partial charge is 0.472 e. The topological polar surface area (TPSA) is 74.2 Å². The van der Waals surface area contributed by atoms with Gasteiger partial charge in [0.2, 0.25) is 0 Å². The first-order valence-electron chi connectivity index (χ1n) is 6.78. The first kappa shape index (κ1) is 18.1. The smallest absolute Gasteiger partial charge is 0.377 e. The van der Waals surface area contributed by atoms with E-state index >= 15 is 0 Å². The molecule has 1 N–H and O–H groups in total. The molecule has 1 heterocycles. The minimum Gasteiger partial charge on any atom is -0.377 e.